The highest BCUT2D eigenvalue weighted by Crippen LogP contribution is 2.44. The van der Waals surface area contributed by atoms with Crippen LogP contribution in [0.1, 0.15) is 34.5 Å². The van der Waals surface area contributed by atoms with Gasteiger partial charge in [0.05, 0.1) is 12.8 Å². The van der Waals surface area contributed by atoms with Gasteiger partial charge >= 0.3 is 0 Å². The van der Waals surface area contributed by atoms with Crippen molar-refractivity contribution in [2.45, 2.75) is 25.9 Å². The molecule has 1 amide bonds. The zero-order chi connectivity index (χ0) is 22.6. The molecule has 2 fully saturated rings. The van der Waals surface area contributed by atoms with Gasteiger partial charge in [0, 0.05) is 24.8 Å². The van der Waals surface area contributed by atoms with E-state index in [9.17, 15) is 4.79 Å². The number of hydrogen-bond donors (Lipinski definition) is 0. The molecular formula is C28H30N2O3. The number of ether oxygens (including phenoxy) is 2. The van der Waals surface area contributed by atoms with Gasteiger partial charge in [-0.15, -0.1) is 0 Å². The predicted molar refractivity (Wildman–Crippen MR) is 127 cm³/mol. The predicted octanol–water partition coefficient (Wildman–Crippen LogP) is 5.01. The first-order valence-corrected chi connectivity index (χ1v) is 11.7. The molecule has 1 aliphatic carbocycles. The molecule has 5 rings (SSSR count). The third kappa shape index (κ3) is 4.72. The molecule has 5 nitrogen and oxygen atoms in total. The first-order valence-electron chi connectivity index (χ1n) is 11.7. The minimum atomic E-state index is 0.0770. The van der Waals surface area contributed by atoms with Gasteiger partial charge in [-0.1, -0.05) is 36.4 Å². The molecule has 5 heteroatoms. The van der Waals surface area contributed by atoms with E-state index in [1.165, 1.54) is 18.4 Å². The van der Waals surface area contributed by atoms with Gasteiger partial charge in [0.1, 0.15) is 6.61 Å². The molecule has 3 aromatic rings. The van der Waals surface area contributed by atoms with E-state index in [0.717, 1.165) is 25.2 Å². The maximum Gasteiger partial charge on any atom is 0.254 e. The van der Waals surface area contributed by atoms with Crippen LogP contribution in [0.25, 0.3) is 0 Å². The van der Waals surface area contributed by atoms with E-state index in [-0.39, 0.29) is 5.91 Å². The molecule has 1 saturated carbocycles. The number of carbonyl (C=O) groups is 1. The van der Waals surface area contributed by atoms with Crippen LogP contribution >= 0.6 is 0 Å². The molecule has 0 unspecified atom stereocenters. The Morgan fingerprint density at radius 2 is 1.85 bits per heavy atom. The van der Waals surface area contributed by atoms with Crippen molar-refractivity contribution in [1.29, 1.82) is 0 Å². The number of amides is 1. The molecule has 3 atom stereocenters. The van der Waals surface area contributed by atoms with Gasteiger partial charge in [0.2, 0.25) is 0 Å². The van der Waals surface area contributed by atoms with Crippen molar-refractivity contribution >= 4 is 5.91 Å². The van der Waals surface area contributed by atoms with Crippen LogP contribution in [0.4, 0.5) is 0 Å². The van der Waals surface area contributed by atoms with Gasteiger partial charge in [-0.25, -0.2) is 0 Å². The van der Waals surface area contributed by atoms with E-state index in [2.05, 4.69) is 35.3 Å². The number of rotatable bonds is 7. The maximum atomic E-state index is 13.4. The van der Waals surface area contributed by atoms with E-state index in [1.54, 1.807) is 19.4 Å². The Hall–Kier alpha value is -3.34. The largest absolute Gasteiger partial charge is 0.493 e. The Morgan fingerprint density at radius 3 is 2.64 bits per heavy atom. The van der Waals surface area contributed by atoms with Crippen LogP contribution in [-0.2, 0) is 13.0 Å². The second kappa shape index (κ2) is 9.65. The van der Waals surface area contributed by atoms with Crippen molar-refractivity contribution in [3.8, 4) is 11.5 Å². The van der Waals surface area contributed by atoms with E-state index in [1.807, 2.05) is 35.2 Å². The van der Waals surface area contributed by atoms with Gasteiger partial charge in [-0.2, -0.15) is 0 Å². The summed E-state index contributed by atoms with van der Waals surface area (Å²) >= 11 is 0. The lowest BCUT2D eigenvalue weighted by molar-refractivity contribution is 0.0776. The minimum absolute atomic E-state index is 0.0770. The van der Waals surface area contributed by atoms with Crippen molar-refractivity contribution in [2.24, 2.45) is 17.8 Å². The molecule has 0 N–H and O–H groups in total. The Kier molecular flexibility index (Phi) is 6.29. The fourth-order valence-corrected chi connectivity index (χ4v) is 5.45. The molecule has 0 bridgehead atoms. The lowest BCUT2D eigenvalue weighted by Crippen LogP contribution is -2.30. The van der Waals surface area contributed by atoms with Crippen LogP contribution in [0.3, 0.4) is 0 Å². The molecule has 1 saturated heterocycles. The first-order chi connectivity index (χ1) is 16.2. The number of aromatic nitrogens is 1. The van der Waals surface area contributed by atoms with E-state index < -0.39 is 0 Å². The van der Waals surface area contributed by atoms with Crippen molar-refractivity contribution in [3.05, 3.63) is 89.7 Å². The summed E-state index contributed by atoms with van der Waals surface area (Å²) in [6.45, 7) is 2.02. The smallest absolute Gasteiger partial charge is 0.254 e. The molecule has 33 heavy (non-hydrogen) atoms. The number of fused-ring (bicyclic) bond motifs is 1. The number of likely N-dealkylation sites (tertiary alicyclic amines) is 1. The summed E-state index contributed by atoms with van der Waals surface area (Å²) in [6.07, 6.45) is 5.33. The Balaban J connectivity index is 1.26. The molecule has 2 aliphatic rings. The highest BCUT2D eigenvalue weighted by Gasteiger charge is 2.43. The van der Waals surface area contributed by atoms with Gasteiger partial charge in [-0.3, -0.25) is 9.78 Å². The fourth-order valence-electron chi connectivity index (χ4n) is 5.45. The molecule has 0 radical (unpaired) electrons. The lowest BCUT2D eigenvalue weighted by atomic mass is 9.87. The molecule has 1 aromatic heterocycles. The highest BCUT2D eigenvalue weighted by atomic mass is 16.5. The van der Waals surface area contributed by atoms with Crippen LogP contribution in [0.5, 0.6) is 11.5 Å². The molecule has 0 spiro atoms. The van der Waals surface area contributed by atoms with Gasteiger partial charge in [0.15, 0.2) is 11.5 Å². The summed E-state index contributed by atoms with van der Waals surface area (Å²) < 4.78 is 11.4. The number of hydrogen-bond acceptors (Lipinski definition) is 4. The monoisotopic (exact) mass is 442 g/mol. The van der Waals surface area contributed by atoms with Gasteiger partial charge < -0.3 is 14.4 Å². The van der Waals surface area contributed by atoms with Crippen LogP contribution in [-0.4, -0.2) is 36.0 Å². The Morgan fingerprint density at radius 1 is 1.00 bits per heavy atom. The van der Waals surface area contributed by atoms with E-state index in [4.69, 9.17) is 9.47 Å². The van der Waals surface area contributed by atoms with Gasteiger partial charge in [0.25, 0.3) is 5.91 Å². The van der Waals surface area contributed by atoms with Crippen LogP contribution in [0.2, 0.25) is 0 Å². The summed E-state index contributed by atoms with van der Waals surface area (Å²) in [7, 11) is 1.61. The summed E-state index contributed by atoms with van der Waals surface area (Å²) in [5.74, 6) is 3.11. The zero-order valence-corrected chi connectivity index (χ0v) is 19.0. The van der Waals surface area contributed by atoms with Crippen LogP contribution < -0.4 is 9.47 Å². The van der Waals surface area contributed by atoms with E-state index in [0.29, 0.717) is 41.4 Å². The third-order valence-electron chi connectivity index (χ3n) is 7.15. The third-order valence-corrected chi connectivity index (χ3v) is 7.15. The van der Waals surface area contributed by atoms with Crippen LogP contribution in [0.15, 0.2) is 72.9 Å². The van der Waals surface area contributed by atoms with Crippen molar-refractivity contribution < 1.29 is 14.3 Å². The standard InChI is InChI=1S/C28H30N2O3/c1-32-26-13-12-22(16-27(26)33-19-24-9-5-6-14-29-24)28(31)30-17-23-11-10-21(25(23)18-30)15-20-7-3-2-4-8-20/h2-9,12-14,16,21,23,25H,10-11,15,17-19H2,1H3/t21-,23-,25-/m1/s1. The molecule has 1 aliphatic heterocycles. The average Bonchev–Trinajstić information content (AvgIpc) is 3.45. The second-order valence-corrected chi connectivity index (χ2v) is 9.14. The average molecular weight is 443 g/mol. The Labute approximate surface area is 195 Å². The molecule has 170 valence electrons. The maximum absolute atomic E-state index is 13.4. The quantitative estimate of drug-likeness (QED) is 0.516. The lowest BCUT2D eigenvalue weighted by Gasteiger charge is -2.21. The second-order valence-electron chi connectivity index (χ2n) is 9.14. The summed E-state index contributed by atoms with van der Waals surface area (Å²) in [6, 6.07) is 21.9. The van der Waals surface area contributed by atoms with Crippen LogP contribution in [0, 0.1) is 17.8 Å². The normalized spacial score (nSPS) is 21.6. The minimum Gasteiger partial charge on any atom is -0.493 e. The number of pyridine rings is 1. The van der Waals surface area contributed by atoms with Gasteiger partial charge in [-0.05, 0) is 72.9 Å². The van der Waals surface area contributed by atoms with Crippen molar-refractivity contribution in [1.82, 2.24) is 9.88 Å². The summed E-state index contributed by atoms with van der Waals surface area (Å²) in [4.78, 5) is 19.7. The summed E-state index contributed by atoms with van der Waals surface area (Å²) in [5, 5.41) is 0. The van der Waals surface area contributed by atoms with E-state index >= 15 is 0 Å². The topological polar surface area (TPSA) is 51.7 Å². The Bertz CT molecular complexity index is 1090. The molecule has 2 aromatic carbocycles. The fraction of sp³-hybridized carbons (Fsp3) is 0.357. The molecule has 2 heterocycles. The van der Waals surface area contributed by atoms with Crippen molar-refractivity contribution in [3.63, 3.8) is 0 Å². The number of nitrogens with zero attached hydrogens (tertiary/aromatic N) is 2. The SMILES string of the molecule is COc1ccc(C(=O)N2C[C@H]3CC[C@H](Cc4ccccc4)[C@H]3C2)cc1OCc1ccccn1. The number of carbonyl (C=O) groups excluding carboxylic acids is 1. The number of methoxy groups -OCH3 is 1. The molecular weight excluding hydrogens is 412 g/mol. The first kappa shape index (κ1) is 21.5. The summed E-state index contributed by atoms with van der Waals surface area (Å²) in [5.41, 5.74) is 2.87. The highest BCUT2D eigenvalue weighted by molar-refractivity contribution is 5.95. The number of benzene rings is 2. The zero-order valence-electron chi connectivity index (χ0n) is 19.0. The van der Waals surface area contributed by atoms with Crippen molar-refractivity contribution in [2.75, 3.05) is 20.2 Å².